The molecule has 2 aliphatic rings. The first kappa shape index (κ1) is 21.8. The van der Waals surface area contributed by atoms with Crippen molar-refractivity contribution in [2.75, 3.05) is 32.7 Å². The number of ether oxygens (including phenoxy) is 1. The molecular weight excluding hydrogens is 342 g/mol. The Hall–Kier alpha value is -1.50. The minimum absolute atomic E-state index is 0.410. The van der Waals surface area contributed by atoms with Gasteiger partial charge in [-0.3, -0.25) is 4.99 Å². The van der Waals surface area contributed by atoms with Crippen LogP contribution in [0.1, 0.15) is 60.8 Å². The third kappa shape index (κ3) is 8.37. The number of guanidine groups is 1. The number of rotatable bonds is 7. The maximum Gasteiger partial charge on any atom is 0.408 e. The molecule has 156 valence electrons. The van der Waals surface area contributed by atoms with E-state index in [1.54, 1.807) is 0 Å². The van der Waals surface area contributed by atoms with E-state index in [0.717, 1.165) is 25.1 Å². The number of aliphatic imine (C=N–C) groups is 1. The lowest BCUT2D eigenvalue weighted by Crippen LogP contribution is -2.49. The summed E-state index contributed by atoms with van der Waals surface area (Å²) < 4.78 is 5.34. The van der Waals surface area contributed by atoms with Crippen LogP contribution in [0.4, 0.5) is 4.79 Å². The first-order chi connectivity index (χ1) is 12.6. The molecule has 2 fully saturated rings. The van der Waals surface area contributed by atoms with Gasteiger partial charge in [-0.15, -0.1) is 0 Å². The lowest BCUT2D eigenvalue weighted by Gasteiger charge is -2.27. The molecule has 1 atom stereocenters. The van der Waals surface area contributed by atoms with Crippen molar-refractivity contribution < 1.29 is 9.53 Å². The molecule has 1 heterocycles. The van der Waals surface area contributed by atoms with E-state index in [0.29, 0.717) is 12.5 Å². The van der Waals surface area contributed by atoms with Crippen molar-refractivity contribution in [3.05, 3.63) is 0 Å². The van der Waals surface area contributed by atoms with Gasteiger partial charge in [0, 0.05) is 25.7 Å². The molecule has 27 heavy (non-hydrogen) atoms. The fraction of sp³-hybridized carbons (Fsp3) is 0.900. The highest BCUT2D eigenvalue weighted by molar-refractivity contribution is 5.79. The molecule has 1 aliphatic heterocycles. The third-order valence-electron chi connectivity index (χ3n) is 4.75. The van der Waals surface area contributed by atoms with E-state index in [1.807, 2.05) is 34.6 Å². The van der Waals surface area contributed by atoms with Gasteiger partial charge < -0.3 is 25.6 Å². The second-order valence-electron chi connectivity index (χ2n) is 9.47. The summed E-state index contributed by atoms with van der Waals surface area (Å²) in [6.07, 6.45) is 3.61. The largest absolute Gasteiger partial charge is 0.444 e. The van der Waals surface area contributed by atoms with Crippen LogP contribution in [0.2, 0.25) is 0 Å². The maximum atomic E-state index is 12.0. The predicted molar refractivity (Wildman–Crippen MR) is 110 cm³/mol. The summed E-state index contributed by atoms with van der Waals surface area (Å²) in [5.41, 5.74) is -0.990. The number of amides is 1. The summed E-state index contributed by atoms with van der Waals surface area (Å²) in [4.78, 5) is 19.3. The lowest BCUT2D eigenvalue weighted by atomic mass is 10.1. The van der Waals surface area contributed by atoms with Crippen LogP contribution in [0.3, 0.4) is 0 Å². The molecule has 3 N–H and O–H groups in total. The Morgan fingerprint density at radius 3 is 2.44 bits per heavy atom. The highest BCUT2D eigenvalue weighted by Gasteiger charge is 2.34. The Morgan fingerprint density at radius 1 is 1.15 bits per heavy atom. The summed E-state index contributed by atoms with van der Waals surface area (Å²) in [5.74, 6) is 1.49. The van der Waals surface area contributed by atoms with Gasteiger partial charge in [0.25, 0.3) is 0 Å². The summed E-state index contributed by atoms with van der Waals surface area (Å²) in [6.45, 7) is 16.2. The van der Waals surface area contributed by atoms with Crippen LogP contribution in [0.15, 0.2) is 4.99 Å². The fourth-order valence-electron chi connectivity index (χ4n) is 3.28. The van der Waals surface area contributed by atoms with Crippen molar-refractivity contribution in [1.29, 1.82) is 0 Å². The molecule has 7 heteroatoms. The van der Waals surface area contributed by atoms with Gasteiger partial charge in [-0.1, -0.05) is 0 Å². The first-order valence-electron chi connectivity index (χ1n) is 10.4. The average molecular weight is 382 g/mol. The van der Waals surface area contributed by atoms with Crippen LogP contribution in [-0.4, -0.2) is 66.9 Å². The monoisotopic (exact) mass is 381 g/mol. The number of hydrogen-bond acceptors (Lipinski definition) is 4. The summed E-state index contributed by atoms with van der Waals surface area (Å²) in [6, 6.07) is 0.858. The molecule has 0 aromatic carbocycles. The number of likely N-dealkylation sites (tertiary alicyclic amines) is 1. The van der Waals surface area contributed by atoms with Crippen molar-refractivity contribution in [2.24, 2.45) is 10.9 Å². The topological polar surface area (TPSA) is 78.0 Å². The number of carbonyl (C=O) groups excluding carboxylic acids is 1. The van der Waals surface area contributed by atoms with Crippen molar-refractivity contribution >= 4 is 12.1 Å². The molecule has 0 radical (unpaired) electrons. The van der Waals surface area contributed by atoms with Crippen molar-refractivity contribution in [2.45, 2.75) is 78.0 Å². The van der Waals surface area contributed by atoms with E-state index in [4.69, 9.17) is 4.74 Å². The zero-order valence-electron chi connectivity index (χ0n) is 18.0. The molecule has 0 aromatic rings. The van der Waals surface area contributed by atoms with E-state index < -0.39 is 17.2 Å². The van der Waals surface area contributed by atoms with Gasteiger partial charge in [-0.25, -0.2) is 4.79 Å². The normalized spacial score (nSPS) is 21.9. The Morgan fingerprint density at radius 2 is 1.85 bits per heavy atom. The average Bonchev–Trinajstić information content (AvgIpc) is 3.26. The van der Waals surface area contributed by atoms with Gasteiger partial charge in [-0.05, 0) is 73.3 Å². The first-order valence-corrected chi connectivity index (χ1v) is 10.4. The third-order valence-corrected chi connectivity index (χ3v) is 4.75. The molecule has 1 aliphatic carbocycles. The smallest absolute Gasteiger partial charge is 0.408 e. The molecule has 0 aromatic heterocycles. The van der Waals surface area contributed by atoms with Gasteiger partial charge in [0.15, 0.2) is 5.96 Å². The van der Waals surface area contributed by atoms with Gasteiger partial charge in [0.05, 0.1) is 12.1 Å². The van der Waals surface area contributed by atoms with E-state index >= 15 is 0 Å². The number of nitrogens with zero attached hydrogens (tertiary/aromatic N) is 2. The number of nitrogens with one attached hydrogen (secondary N) is 3. The second kappa shape index (κ2) is 9.13. The van der Waals surface area contributed by atoms with Gasteiger partial charge >= 0.3 is 6.09 Å². The molecule has 1 saturated carbocycles. The molecule has 1 saturated heterocycles. The summed E-state index contributed by atoms with van der Waals surface area (Å²) >= 11 is 0. The zero-order chi connectivity index (χ0) is 20.1. The highest BCUT2D eigenvalue weighted by Crippen LogP contribution is 2.31. The standard InChI is InChI=1S/C20H39N5O2/c1-7-21-17(22-12-15-10-11-25(13-15)16-8-9-16)23-14-20(5,6)24-18(26)27-19(2,3)4/h15-16H,7-14H2,1-6H3,(H,24,26)(H2,21,22,23). The minimum atomic E-state index is -0.504. The number of carbonyl (C=O) groups is 1. The number of alkyl carbamates (subject to hydrolysis) is 1. The molecule has 7 nitrogen and oxygen atoms in total. The van der Waals surface area contributed by atoms with Crippen LogP contribution in [-0.2, 0) is 4.74 Å². The Kier molecular flexibility index (Phi) is 7.37. The van der Waals surface area contributed by atoms with E-state index in [-0.39, 0.29) is 0 Å². The molecule has 1 amide bonds. The van der Waals surface area contributed by atoms with Crippen LogP contribution < -0.4 is 16.0 Å². The van der Waals surface area contributed by atoms with Gasteiger partial charge in [0.1, 0.15) is 5.60 Å². The van der Waals surface area contributed by atoms with Crippen molar-refractivity contribution in [1.82, 2.24) is 20.9 Å². The molecule has 2 rings (SSSR count). The zero-order valence-corrected chi connectivity index (χ0v) is 18.0. The predicted octanol–water partition coefficient (Wildman–Crippen LogP) is 2.33. The van der Waals surface area contributed by atoms with Crippen LogP contribution in [0.5, 0.6) is 0 Å². The van der Waals surface area contributed by atoms with E-state index in [1.165, 1.54) is 32.4 Å². The molecular formula is C20H39N5O2. The van der Waals surface area contributed by atoms with Crippen molar-refractivity contribution in [3.63, 3.8) is 0 Å². The van der Waals surface area contributed by atoms with E-state index in [2.05, 4.69) is 32.8 Å². The number of hydrogen-bond donors (Lipinski definition) is 3. The Bertz CT molecular complexity index is 523. The molecule has 0 bridgehead atoms. The maximum absolute atomic E-state index is 12.0. The SMILES string of the molecule is CCNC(=NCC(C)(C)NC(=O)OC(C)(C)C)NCC1CCN(C2CC2)C1. The van der Waals surface area contributed by atoms with Gasteiger partial charge in [0.2, 0.25) is 0 Å². The summed E-state index contributed by atoms with van der Waals surface area (Å²) in [5, 5.41) is 9.68. The molecule has 1 unspecified atom stereocenters. The molecule has 0 spiro atoms. The van der Waals surface area contributed by atoms with Gasteiger partial charge in [-0.2, -0.15) is 0 Å². The quantitative estimate of drug-likeness (QED) is 0.466. The second-order valence-corrected chi connectivity index (χ2v) is 9.47. The summed E-state index contributed by atoms with van der Waals surface area (Å²) in [7, 11) is 0. The lowest BCUT2D eigenvalue weighted by molar-refractivity contribution is 0.0476. The van der Waals surface area contributed by atoms with Crippen LogP contribution in [0.25, 0.3) is 0 Å². The van der Waals surface area contributed by atoms with E-state index in [9.17, 15) is 4.79 Å². The van der Waals surface area contributed by atoms with Crippen LogP contribution in [0, 0.1) is 5.92 Å². The fourth-order valence-corrected chi connectivity index (χ4v) is 3.28. The van der Waals surface area contributed by atoms with Crippen molar-refractivity contribution in [3.8, 4) is 0 Å². The Balaban J connectivity index is 1.79. The Labute approximate surface area is 164 Å². The minimum Gasteiger partial charge on any atom is -0.444 e. The highest BCUT2D eigenvalue weighted by atomic mass is 16.6. The van der Waals surface area contributed by atoms with Crippen LogP contribution >= 0.6 is 0 Å².